The topological polar surface area (TPSA) is 76.3 Å². The highest BCUT2D eigenvalue weighted by molar-refractivity contribution is 6.03. The second-order valence-corrected chi connectivity index (χ2v) is 6.22. The van der Waals surface area contributed by atoms with Gasteiger partial charge in [-0.05, 0) is 18.6 Å². The summed E-state index contributed by atoms with van der Waals surface area (Å²) in [5, 5.41) is 16.9. The molecule has 128 valence electrons. The van der Waals surface area contributed by atoms with E-state index in [0.29, 0.717) is 11.4 Å². The molecule has 0 atom stereocenters. The van der Waals surface area contributed by atoms with E-state index in [9.17, 15) is 5.26 Å². The molecule has 0 saturated heterocycles. The van der Waals surface area contributed by atoms with Gasteiger partial charge in [-0.1, -0.05) is 49.7 Å². The lowest BCUT2D eigenvalue weighted by Crippen LogP contribution is -2.19. The van der Waals surface area contributed by atoms with Crippen molar-refractivity contribution < 1.29 is 0 Å². The Bertz CT molecular complexity index is 1120. The van der Waals surface area contributed by atoms with Crippen molar-refractivity contribution in [3.05, 3.63) is 70.8 Å². The van der Waals surface area contributed by atoms with Gasteiger partial charge in [0.15, 0.2) is 5.82 Å². The summed E-state index contributed by atoms with van der Waals surface area (Å²) in [4.78, 5) is 12.5. The van der Waals surface area contributed by atoms with E-state index in [2.05, 4.69) is 39.3 Å². The molecule has 2 aromatic carbocycles. The monoisotopic (exact) mass is 341 g/mol. The van der Waals surface area contributed by atoms with Crippen LogP contribution in [0.1, 0.15) is 25.5 Å². The summed E-state index contributed by atoms with van der Waals surface area (Å²) in [6.07, 6.45) is 2.22. The van der Waals surface area contributed by atoms with E-state index in [0.717, 1.165) is 52.4 Å². The van der Waals surface area contributed by atoms with Crippen LogP contribution >= 0.6 is 0 Å². The average Bonchev–Trinajstić information content (AvgIpc) is 3.25. The molecule has 1 aromatic heterocycles. The number of nitriles is 1. The average molecular weight is 341 g/mol. The number of unbranched alkanes of at least 4 members (excludes halogenated alkanes) is 1. The zero-order chi connectivity index (χ0) is 17.9. The summed E-state index contributed by atoms with van der Waals surface area (Å²) in [7, 11) is 0. The Morgan fingerprint density at radius 3 is 2.35 bits per heavy atom. The van der Waals surface area contributed by atoms with Gasteiger partial charge in [-0.3, -0.25) is 0 Å². The first kappa shape index (κ1) is 16.1. The number of anilines is 1. The molecule has 2 N–H and O–H groups in total. The lowest BCUT2D eigenvalue weighted by molar-refractivity contribution is 0.832. The maximum atomic E-state index is 9.83. The number of aromatic nitrogens is 1. The number of nitrogens with one attached hydrogen (secondary N) is 2. The highest BCUT2D eigenvalue weighted by atomic mass is 15.0. The van der Waals surface area contributed by atoms with Crippen LogP contribution in [0, 0.1) is 11.3 Å². The molecule has 0 saturated carbocycles. The molecule has 5 nitrogen and oxygen atoms in total. The van der Waals surface area contributed by atoms with Crippen molar-refractivity contribution in [2.45, 2.75) is 19.8 Å². The lowest BCUT2D eigenvalue weighted by Gasteiger charge is -2.03. The number of aromatic amines is 1. The Morgan fingerprint density at radius 2 is 1.69 bits per heavy atom. The molecule has 1 aliphatic rings. The van der Waals surface area contributed by atoms with Gasteiger partial charge in [0.25, 0.3) is 0 Å². The number of hydrogen-bond acceptors (Lipinski definition) is 4. The highest BCUT2D eigenvalue weighted by Gasteiger charge is 2.18. The second-order valence-electron chi connectivity index (χ2n) is 6.22. The number of hydrogen-bond donors (Lipinski definition) is 2. The number of rotatable bonds is 5. The zero-order valence-electron chi connectivity index (χ0n) is 14.6. The molecule has 0 fully saturated rings. The van der Waals surface area contributed by atoms with Crippen LogP contribution in [0.3, 0.4) is 0 Å². The fourth-order valence-electron chi connectivity index (χ4n) is 3.14. The minimum absolute atomic E-state index is 0.459. The van der Waals surface area contributed by atoms with E-state index in [1.807, 2.05) is 42.5 Å². The second kappa shape index (κ2) is 6.85. The largest absolute Gasteiger partial charge is 0.371 e. The Labute approximate surface area is 151 Å². The summed E-state index contributed by atoms with van der Waals surface area (Å²) in [6, 6.07) is 18.0. The Balaban J connectivity index is 1.87. The fourth-order valence-corrected chi connectivity index (χ4v) is 3.14. The van der Waals surface area contributed by atoms with E-state index < -0.39 is 0 Å². The first-order valence-electron chi connectivity index (χ1n) is 8.83. The van der Waals surface area contributed by atoms with Crippen molar-refractivity contribution in [2.24, 2.45) is 9.98 Å². The zero-order valence-corrected chi connectivity index (χ0v) is 14.6. The summed E-state index contributed by atoms with van der Waals surface area (Å²) >= 11 is 0. The van der Waals surface area contributed by atoms with Crippen LogP contribution in [0.25, 0.3) is 16.3 Å². The molecule has 0 radical (unpaired) electrons. The maximum Gasteiger partial charge on any atom is 0.173 e. The number of allylic oxidation sites excluding steroid dienone is 1. The summed E-state index contributed by atoms with van der Waals surface area (Å²) in [6.45, 7) is 3.05. The molecule has 0 unspecified atom stereocenters. The number of nitrogens with zero attached hydrogens (tertiary/aromatic N) is 3. The van der Waals surface area contributed by atoms with Crippen LogP contribution < -0.4 is 16.0 Å². The van der Waals surface area contributed by atoms with Gasteiger partial charge in [0.05, 0.1) is 16.4 Å². The molecular formula is C21H19N5. The fraction of sp³-hybridized carbons (Fsp3) is 0.190. The van der Waals surface area contributed by atoms with Crippen molar-refractivity contribution in [1.82, 2.24) is 4.98 Å². The molecule has 0 spiro atoms. The molecule has 0 amide bonds. The van der Waals surface area contributed by atoms with Crippen LogP contribution in [-0.2, 0) is 0 Å². The van der Waals surface area contributed by atoms with Crippen molar-refractivity contribution >= 4 is 22.2 Å². The van der Waals surface area contributed by atoms with Gasteiger partial charge in [0.1, 0.15) is 17.5 Å². The van der Waals surface area contributed by atoms with E-state index >= 15 is 0 Å². The van der Waals surface area contributed by atoms with Gasteiger partial charge >= 0.3 is 0 Å². The van der Waals surface area contributed by atoms with Crippen LogP contribution in [0.4, 0.5) is 5.82 Å². The van der Waals surface area contributed by atoms with Gasteiger partial charge in [0, 0.05) is 17.3 Å². The van der Waals surface area contributed by atoms with Gasteiger partial charge in [-0.15, -0.1) is 0 Å². The molecule has 0 aliphatic carbocycles. The number of H-pyrrole nitrogens is 1. The van der Waals surface area contributed by atoms with E-state index in [1.165, 1.54) is 0 Å². The number of fused-ring (bicyclic) bond motifs is 2. The molecule has 1 aliphatic heterocycles. The van der Waals surface area contributed by atoms with E-state index in [4.69, 9.17) is 0 Å². The first-order chi connectivity index (χ1) is 12.8. The van der Waals surface area contributed by atoms with E-state index in [-0.39, 0.29) is 0 Å². The summed E-state index contributed by atoms with van der Waals surface area (Å²) < 4.78 is 0. The standard InChI is InChI=1S/C21H19N5/c1-2-3-12-23-20-15-9-5-4-8-14(15)19(26-20)16(13-22)21-24-17-10-6-7-11-18(17)25-21/h4-11,23,26H,2-3,12H2,1H3. The maximum absolute atomic E-state index is 9.83. The molecule has 5 heteroatoms. The summed E-state index contributed by atoms with van der Waals surface area (Å²) in [5.74, 6) is 1.40. The van der Waals surface area contributed by atoms with Crippen LogP contribution in [0.5, 0.6) is 0 Å². The molecule has 4 rings (SSSR count). The van der Waals surface area contributed by atoms with Crippen molar-refractivity contribution in [1.29, 1.82) is 5.26 Å². The van der Waals surface area contributed by atoms with Crippen molar-refractivity contribution in [3.63, 3.8) is 0 Å². The van der Waals surface area contributed by atoms with Gasteiger partial charge in [0.2, 0.25) is 0 Å². The minimum atomic E-state index is 0.459. The van der Waals surface area contributed by atoms with Gasteiger partial charge in [-0.2, -0.15) is 5.26 Å². The first-order valence-corrected chi connectivity index (χ1v) is 8.83. The van der Waals surface area contributed by atoms with Crippen LogP contribution in [-0.4, -0.2) is 11.5 Å². The van der Waals surface area contributed by atoms with Gasteiger partial charge < -0.3 is 10.3 Å². The predicted molar refractivity (Wildman–Crippen MR) is 103 cm³/mol. The smallest absolute Gasteiger partial charge is 0.173 e. The van der Waals surface area contributed by atoms with Crippen molar-refractivity contribution in [3.8, 4) is 6.07 Å². The van der Waals surface area contributed by atoms with Crippen molar-refractivity contribution in [2.75, 3.05) is 11.9 Å². The third-order valence-corrected chi connectivity index (χ3v) is 4.47. The highest BCUT2D eigenvalue weighted by Crippen LogP contribution is 2.32. The number of para-hydroxylation sites is 2. The normalized spacial score (nSPS) is 12.2. The third kappa shape index (κ3) is 2.76. The Morgan fingerprint density at radius 1 is 1.04 bits per heavy atom. The van der Waals surface area contributed by atoms with Crippen LogP contribution in [0.2, 0.25) is 0 Å². The summed E-state index contributed by atoms with van der Waals surface area (Å²) in [5.41, 5.74) is 1.22. The molecule has 26 heavy (non-hydrogen) atoms. The van der Waals surface area contributed by atoms with Gasteiger partial charge in [-0.25, -0.2) is 9.98 Å². The Kier molecular flexibility index (Phi) is 4.24. The molecule has 3 aromatic rings. The molecular weight excluding hydrogens is 322 g/mol. The Hall–Kier alpha value is -3.39. The lowest BCUT2D eigenvalue weighted by atomic mass is 10.1. The molecule has 2 heterocycles. The van der Waals surface area contributed by atoms with Crippen LogP contribution in [0.15, 0.2) is 64.3 Å². The SMILES string of the molecule is CCCCNc1[nH]c(C(C#N)=C2N=c3ccccc3=N2)c2ccccc12. The predicted octanol–water partition coefficient (Wildman–Crippen LogP) is 3.53. The van der Waals surface area contributed by atoms with E-state index in [1.54, 1.807) is 0 Å². The number of benzene rings is 2. The minimum Gasteiger partial charge on any atom is -0.371 e. The quantitative estimate of drug-likeness (QED) is 0.550. The molecule has 0 bridgehead atoms. The third-order valence-electron chi connectivity index (χ3n) is 4.47.